The van der Waals surface area contributed by atoms with Crippen molar-refractivity contribution in [2.75, 3.05) is 19.8 Å². The molecule has 0 unspecified atom stereocenters. The standard InChI is InChI=1S/C15H24O4S/c1-13(2)12-18-10-4-5-11-19-20(16,17)15-8-6-14(3)7-9-15/h6-9,13H,4-5,10-12H2,1-3H3. The molecule has 1 aromatic rings. The van der Waals surface area contributed by atoms with Gasteiger partial charge in [-0.25, -0.2) is 0 Å². The summed E-state index contributed by atoms with van der Waals surface area (Å²) in [6.07, 6.45) is 1.47. The first-order valence-electron chi connectivity index (χ1n) is 6.95. The first-order chi connectivity index (χ1) is 9.42. The first-order valence-corrected chi connectivity index (χ1v) is 8.36. The molecule has 0 fully saturated rings. The van der Waals surface area contributed by atoms with Crippen LogP contribution in [0, 0.1) is 12.8 Å². The van der Waals surface area contributed by atoms with Crippen molar-refractivity contribution < 1.29 is 17.3 Å². The van der Waals surface area contributed by atoms with Gasteiger partial charge in [0.25, 0.3) is 10.1 Å². The summed E-state index contributed by atoms with van der Waals surface area (Å²) < 4.78 is 34.2. The molecule has 0 atom stereocenters. The fraction of sp³-hybridized carbons (Fsp3) is 0.600. The molecule has 0 spiro atoms. The average molecular weight is 300 g/mol. The molecule has 0 radical (unpaired) electrons. The molecule has 114 valence electrons. The Morgan fingerprint density at radius 2 is 1.65 bits per heavy atom. The van der Waals surface area contributed by atoms with Gasteiger partial charge >= 0.3 is 0 Å². The van der Waals surface area contributed by atoms with Crippen molar-refractivity contribution in [3.63, 3.8) is 0 Å². The van der Waals surface area contributed by atoms with E-state index in [0.717, 1.165) is 18.6 Å². The predicted octanol–water partition coefficient (Wildman–Crippen LogP) is 3.15. The van der Waals surface area contributed by atoms with E-state index in [2.05, 4.69) is 13.8 Å². The minimum atomic E-state index is -3.62. The fourth-order valence-electron chi connectivity index (χ4n) is 1.57. The van der Waals surface area contributed by atoms with Gasteiger partial charge in [0, 0.05) is 13.2 Å². The minimum absolute atomic E-state index is 0.196. The lowest BCUT2D eigenvalue weighted by atomic mass is 10.2. The normalized spacial score (nSPS) is 12.0. The third-order valence-corrected chi connectivity index (χ3v) is 4.01. The molecule has 0 aliphatic carbocycles. The highest BCUT2D eigenvalue weighted by atomic mass is 32.2. The van der Waals surface area contributed by atoms with Crippen LogP contribution in [0.2, 0.25) is 0 Å². The Bertz CT molecular complexity index is 477. The van der Waals surface area contributed by atoms with E-state index < -0.39 is 10.1 Å². The number of unbranched alkanes of at least 4 members (excludes halogenated alkanes) is 1. The van der Waals surface area contributed by atoms with E-state index in [4.69, 9.17) is 8.92 Å². The number of ether oxygens (including phenoxy) is 1. The highest BCUT2D eigenvalue weighted by molar-refractivity contribution is 7.86. The maximum Gasteiger partial charge on any atom is 0.296 e. The zero-order valence-corrected chi connectivity index (χ0v) is 13.3. The van der Waals surface area contributed by atoms with E-state index in [0.29, 0.717) is 18.9 Å². The number of aryl methyl sites for hydroxylation is 1. The predicted molar refractivity (Wildman–Crippen MR) is 79.2 cm³/mol. The summed E-state index contributed by atoms with van der Waals surface area (Å²) in [5.74, 6) is 0.521. The Morgan fingerprint density at radius 3 is 2.25 bits per heavy atom. The highest BCUT2D eigenvalue weighted by Crippen LogP contribution is 2.13. The largest absolute Gasteiger partial charge is 0.381 e. The second kappa shape index (κ2) is 8.39. The van der Waals surface area contributed by atoms with Crippen LogP contribution in [0.5, 0.6) is 0 Å². The van der Waals surface area contributed by atoms with Crippen molar-refractivity contribution in [1.82, 2.24) is 0 Å². The Morgan fingerprint density at radius 1 is 1.05 bits per heavy atom. The summed E-state index contributed by atoms with van der Waals surface area (Å²) in [6, 6.07) is 6.65. The SMILES string of the molecule is Cc1ccc(S(=O)(=O)OCCCCOCC(C)C)cc1. The molecule has 0 aromatic heterocycles. The number of hydrogen-bond donors (Lipinski definition) is 0. The van der Waals surface area contributed by atoms with Gasteiger partial charge in [0.15, 0.2) is 0 Å². The third kappa shape index (κ3) is 6.50. The smallest absolute Gasteiger partial charge is 0.296 e. The van der Waals surface area contributed by atoms with E-state index in [9.17, 15) is 8.42 Å². The summed E-state index contributed by atoms with van der Waals surface area (Å²) in [7, 11) is -3.62. The molecule has 1 rings (SSSR count). The number of rotatable bonds is 9. The quantitative estimate of drug-likeness (QED) is 0.519. The van der Waals surface area contributed by atoms with E-state index in [1.807, 2.05) is 6.92 Å². The van der Waals surface area contributed by atoms with Crippen LogP contribution in [0.15, 0.2) is 29.2 Å². The van der Waals surface area contributed by atoms with Crippen LogP contribution < -0.4 is 0 Å². The van der Waals surface area contributed by atoms with Crippen LogP contribution in [0.4, 0.5) is 0 Å². The maximum absolute atomic E-state index is 11.9. The van der Waals surface area contributed by atoms with Crippen LogP contribution in [0.1, 0.15) is 32.3 Å². The van der Waals surface area contributed by atoms with Crippen molar-refractivity contribution in [3.8, 4) is 0 Å². The van der Waals surface area contributed by atoms with Crippen molar-refractivity contribution in [1.29, 1.82) is 0 Å². The average Bonchev–Trinajstić information content (AvgIpc) is 2.37. The van der Waals surface area contributed by atoms with Gasteiger partial charge in [0.1, 0.15) is 0 Å². The number of benzene rings is 1. The molecule has 20 heavy (non-hydrogen) atoms. The fourth-order valence-corrected chi connectivity index (χ4v) is 2.51. The maximum atomic E-state index is 11.9. The topological polar surface area (TPSA) is 52.6 Å². The summed E-state index contributed by atoms with van der Waals surface area (Å²) in [4.78, 5) is 0.208. The summed E-state index contributed by atoms with van der Waals surface area (Å²) in [5.41, 5.74) is 1.02. The lowest BCUT2D eigenvalue weighted by Gasteiger charge is -2.07. The Labute approximate surface area is 122 Å². The van der Waals surface area contributed by atoms with Crippen molar-refractivity contribution in [2.45, 2.75) is 38.5 Å². The minimum Gasteiger partial charge on any atom is -0.381 e. The van der Waals surface area contributed by atoms with Gasteiger partial charge in [-0.05, 0) is 37.8 Å². The number of hydrogen-bond acceptors (Lipinski definition) is 4. The van der Waals surface area contributed by atoms with Gasteiger partial charge in [0.2, 0.25) is 0 Å². The Balaban J connectivity index is 2.25. The molecular formula is C15H24O4S. The van der Waals surface area contributed by atoms with Gasteiger partial charge in [-0.1, -0.05) is 31.5 Å². The second-order valence-electron chi connectivity index (χ2n) is 5.27. The Kier molecular flexibility index (Phi) is 7.19. The zero-order valence-electron chi connectivity index (χ0n) is 12.5. The molecular weight excluding hydrogens is 276 g/mol. The van der Waals surface area contributed by atoms with E-state index >= 15 is 0 Å². The van der Waals surface area contributed by atoms with Crippen LogP contribution >= 0.6 is 0 Å². The van der Waals surface area contributed by atoms with Gasteiger partial charge in [-0.3, -0.25) is 4.18 Å². The second-order valence-corrected chi connectivity index (χ2v) is 6.88. The van der Waals surface area contributed by atoms with E-state index in [1.54, 1.807) is 24.3 Å². The third-order valence-electron chi connectivity index (χ3n) is 2.68. The molecule has 0 aliphatic rings. The monoisotopic (exact) mass is 300 g/mol. The summed E-state index contributed by atoms with van der Waals surface area (Å²) >= 11 is 0. The van der Waals surface area contributed by atoms with Crippen LogP contribution in [0.25, 0.3) is 0 Å². The van der Waals surface area contributed by atoms with Gasteiger partial charge in [0.05, 0.1) is 11.5 Å². The zero-order chi connectivity index (χ0) is 15.0. The van der Waals surface area contributed by atoms with Gasteiger partial charge in [-0.2, -0.15) is 8.42 Å². The van der Waals surface area contributed by atoms with E-state index in [1.165, 1.54) is 0 Å². The van der Waals surface area contributed by atoms with Gasteiger partial charge in [-0.15, -0.1) is 0 Å². The molecule has 4 nitrogen and oxygen atoms in total. The van der Waals surface area contributed by atoms with Crippen LogP contribution in [0.3, 0.4) is 0 Å². The lowest BCUT2D eigenvalue weighted by molar-refractivity contribution is 0.104. The Hall–Kier alpha value is -0.910. The molecule has 0 bridgehead atoms. The summed E-state index contributed by atoms with van der Waals surface area (Å²) in [6.45, 7) is 7.68. The van der Waals surface area contributed by atoms with Crippen molar-refractivity contribution in [3.05, 3.63) is 29.8 Å². The molecule has 0 N–H and O–H groups in total. The molecule has 0 aliphatic heterocycles. The van der Waals surface area contributed by atoms with Crippen LogP contribution in [-0.4, -0.2) is 28.2 Å². The molecule has 0 amide bonds. The molecule has 1 aromatic carbocycles. The van der Waals surface area contributed by atoms with Gasteiger partial charge < -0.3 is 4.74 Å². The van der Waals surface area contributed by atoms with Crippen LogP contribution in [-0.2, 0) is 19.0 Å². The molecule has 0 saturated carbocycles. The molecule has 0 heterocycles. The van der Waals surface area contributed by atoms with E-state index in [-0.39, 0.29) is 11.5 Å². The lowest BCUT2D eigenvalue weighted by Crippen LogP contribution is -2.09. The van der Waals surface area contributed by atoms with Crippen molar-refractivity contribution in [2.24, 2.45) is 5.92 Å². The molecule has 0 saturated heterocycles. The summed E-state index contributed by atoms with van der Waals surface area (Å²) in [5, 5.41) is 0. The first kappa shape index (κ1) is 17.1. The molecule has 5 heteroatoms. The van der Waals surface area contributed by atoms with Crippen molar-refractivity contribution >= 4 is 10.1 Å². The highest BCUT2D eigenvalue weighted by Gasteiger charge is 2.14.